The van der Waals surface area contributed by atoms with Crippen LogP contribution in [0.1, 0.15) is 30.4 Å². The van der Waals surface area contributed by atoms with E-state index in [4.69, 9.17) is 0 Å². The molecular weight excluding hydrogens is 208 g/mol. The first kappa shape index (κ1) is 11.5. The Bertz CT molecular complexity index is 339. The summed E-state index contributed by atoms with van der Waals surface area (Å²) in [7, 11) is 0. The highest BCUT2D eigenvalue weighted by atomic mass is 19.3. The monoisotopic (exact) mass is 225 g/mol. The van der Waals surface area contributed by atoms with Crippen molar-refractivity contribution in [1.29, 1.82) is 0 Å². The molecule has 2 rings (SSSR count). The second-order valence-electron chi connectivity index (χ2n) is 4.57. The topological polar surface area (TPSA) is 12.0 Å². The number of hydrogen-bond donors (Lipinski definition) is 1. The minimum Gasteiger partial charge on any atom is -0.314 e. The molecular formula is C13H17F2N. The highest BCUT2D eigenvalue weighted by molar-refractivity contribution is 5.25. The second-order valence-corrected chi connectivity index (χ2v) is 4.57. The lowest BCUT2D eigenvalue weighted by atomic mass is 9.99. The van der Waals surface area contributed by atoms with Crippen molar-refractivity contribution in [2.45, 2.75) is 38.2 Å². The van der Waals surface area contributed by atoms with Gasteiger partial charge in [-0.1, -0.05) is 29.8 Å². The lowest BCUT2D eigenvalue weighted by Gasteiger charge is -2.20. The molecule has 1 N–H and O–H groups in total. The molecule has 0 aromatic heterocycles. The minimum absolute atomic E-state index is 0.0312. The molecule has 0 spiro atoms. The summed E-state index contributed by atoms with van der Waals surface area (Å²) in [4.78, 5) is 0. The number of halogens is 2. The first-order valence-corrected chi connectivity index (χ1v) is 5.76. The number of alkyl halides is 2. The van der Waals surface area contributed by atoms with Gasteiger partial charge in [0.25, 0.3) is 5.92 Å². The molecule has 1 aliphatic heterocycles. The number of rotatable bonds is 3. The Balaban J connectivity index is 2.07. The SMILES string of the molecule is Cc1ccc(C(F)(F)CC2CCCN2)cc1. The maximum absolute atomic E-state index is 13.9. The van der Waals surface area contributed by atoms with E-state index in [1.807, 2.05) is 6.92 Å². The first-order valence-electron chi connectivity index (χ1n) is 5.76. The van der Waals surface area contributed by atoms with Gasteiger partial charge in [-0.05, 0) is 26.3 Å². The summed E-state index contributed by atoms with van der Waals surface area (Å²) < 4.78 is 27.8. The average molecular weight is 225 g/mol. The van der Waals surface area contributed by atoms with E-state index < -0.39 is 5.92 Å². The van der Waals surface area contributed by atoms with Crippen LogP contribution in [0.5, 0.6) is 0 Å². The molecule has 1 nitrogen and oxygen atoms in total. The minimum atomic E-state index is -2.71. The van der Waals surface area contributed by atoms with Gasteiger partial charge in [0, 0.05) is 18.0 Å². The molecule has 1 atom stereocenters. The fourth-order valence-electron chi connectivity index (χ4n) is 2.16. The molecule has 16 heavy (non-hydrogen) atoms. The van der Waals surface area contributed by atoms with Crippen molar-refractivity contribution in [1.82, 2.24) is 5.32 Å². The van der Waals surface area contributed by atoms with Crippen molar-refractivity contribution in [2.75, 3.05) is 6.54 Å². The highest BCUT2D eigenvalue weighted by Crippen LogP contribution is 2.34. The fraction of sp³-hybridized carbons (Fsp3) is 0.538. The van der Waals surface area contributed by atoms with Gasteiger partial charge in [0.15, 0.2) is 0 Å². The Hall–Kier alpha value is -0.960. The zero-order chi connectivity index (χ0) is 11.6. The summed E-state index contributed by atoms with van der Waals surface area (Å²) in [6.45, 7) is 2.77. The van der Waals surface area contributed by atoms with Gasteiger partial charge >= 0.3 is 0 Å². The standard InChI is InChI=1S/C13H17F2N/c1-10-4-6-11(7-5-10)13(14,15)9-12-3-2-8-16-12/h4-7,12,16H,2-3,8-9H2,1H3. The molecule has 1 aromatic carbocycles. The van der Waals surface area contributed by atoms with E-state index in [1.54, 1.807) is 12.1 Å². The van der Waals surface area contributed by atoms with E-state index >= 15 is 0 Å². The number of hydrogen-bond acceptors (Lipinski definition) is 1. The lowest BCUT2D eigenvalue weighted by molar-refractivity contribution is -0.0213. The van der Waals surface area contributed by atoms with Crippen LogP contribution in [0, 0.1) is 6.92 Å². The van der Waals surface area contributed by atoms with Crippen LogP contribution < -0.4 is 5.32 Å². The first-order chi connectivity index (χ1) is 7.58. The quantitative estimate of drug-likeness (QED) is 0.832. The van der Waals surface area contributed by atoms with Gasteiger partial charge in [-0.2, -0.15) is 0 Å². The average Bonchev–Trinajstić information content (AvgIpc) is 2.70. The molecule has 1 unspecified atom stereocenters. The van der Waals surface area contributed by atoms with Crippen molar-refractivity contribution in [3.05, 3.63) is 35.4 Å². The largest absolute Gasteiger partial charge is 0.314 e. The Morgan fingerprint density at radius 2 is 2.00 bits per heavy atom. The van der Waals surface area contributed by atoms with Crippen molar-refractivity contribution in [3.8, 4) is 0 Å². The van der Waals surface area contributed by atoms with Gasteiger partial charge in [-0.15, -0.1) is 0 Å². The van der Waals surface area contributed by atoms with Crippen LogP contribution >= 0.6 is 0 Å². The third-order valence-corrected chi connectivity index (χ3v) is 3.14. The third kappa shape index (κ3) is 2.59. The summed E-state index contributed by atoms with van der Waals surface area (Å²) in [5, 5.41) is 3.11. The highest BCUT2D eigenvalue weighted by Gasteiger charge is 2.35. The molecule has 0 bridgehead atoms. The molecule has 0 aliphatic carbocycles. The summed E-state index contributed by atoms with van der Waals surface area (Å²) in [5.74, 6) is -2.71. The molecule has 0 radical (unpaired) electrons. The molecule has 0 saturated carbocycles. The zero-order valence-corrected chi connectivity index (χ0v) is 9.47. The van der Waals surface area contributed by atoms with E-state index in [0.29, 0.717) is 0 Å². The van der Waals surface area contributed by atoms with Crippen LogP contribution in [0.4, 0.5) is 8.78 Å². The van der Waals surface area contributed by atoms with Gasteiger partial charge in [-0.3, -0.25) is 0 Å². The summed E-state index contributed by atoms with van der Waals surface area (Å²) in [6.07, 6.45) is 1.78. The van der Waals surface area contributed by atoms with Gasteiger partial charge in [0.1, 0.15) is 0 Å². The number of benzene rings is 1. The predicted molar refractivity (Wildman–Crippen MR) is 60.7 cm³/mol. The molecule has 88 valence electrons. The van der Waals surface area contributed by atoms with E-state index in [2.05, 4.69) is 5.32 Å². The lowest BCUT2D eigenvalue weighted by Crippen LogP contribution is -2.29. The zero-order valence-electron chi connectivity index (χ0n) is 9.47. The van der Waals surface area contributed by atoms with Crippen LogP contribution in [-0.2, 0) is 5.92 Å². The molecule has 0 amide bonds. The Morgan fingerprint density at radius 3 is 2.56 bits per heavy atom. The fourth-order valence-corrected chi connectivity index (χ4v) is 2.16. The Morgan fingerprint density at radius 1 is 1.31 bits per heavy atom. The van der Waals surface area contributed by atoms with E-state index in [1.165, 1.54) is 12.1 Å². The normalized spacial score (nSPS) is 21.3. The van der Waals surface area contributed by atoms with Crippen molar-refractivity contribution in [3.63, 3.8) is 0 Å². The molecule has 1 saturated heterocycles. The van der Waals surface area contributed by atoms with E-state index in [9.17, 15) is 8.78 Å². The summed E-state index contributed by atoms with van der Waals surface area (Å²) in [6, 6.07) is 6.52. The molecule has 1 heterocycles. The predicted octanol–water partition coefficient (Wildman–Crippen LogP) is 3.23. The Labute approximate surface area is 94.9 Å². The van der Waals surface area contributed by atoms with Crippen molar-refractivity contribution >= 4 is 0 Å². The number of nitrogens with one attached hydrogen (secondary N) is 1. The molecule has 1 aromatic rings. The van der Waals surface area contributed by atoms with Crippen LogP contribution in [0.15, 0.2) is 24.3 Å². The second kappa shape index (κ2) is 4.50. The van der Waals surface area contributed by atoms with Crippen molar-refractivity contribution < 1.29 is 8.78 Å². The number of aryl methyl sites for hydroxylation is 1. The van der Waals surface area contributed by atoms with Gasteiger partial charge < -0.3 is 5.32 Å². The molecule has 3 heteroatoms. The van der Waals surface area contributed by atoms with Crippen LogP contribution in [-0.4, -0.2) is 12.6 Å². The van der Waals surface area contributed by atoms with Gasteiger partial charge in [-0.25, -0.2) is 8.78 Å². The van der Waals surface area contributed by atoms with Crippen LogP contribution in [0.25, 0.3) is 0 Å². The van der Waals surface area contributed by atoms with E-state index in [-0.39, 0.29) is 18.0 Å². The summed E-state index contributed by atoms with van der Waals surface area (Å²) >= 11 is 0. The maximum atomic E-state index is 13.9. The molecule has 1 aliphatic rings. The Kier molecular flexibility index (Phi) is 3.24. The van der Waals surface area contributed by atoms with Crippen LogP contribution in [0.3, 0.4) is 0 Å². The van der Waals surface area contributed by atoms with Crippen molar-refractivity contribution in [2.24, 2.45) is 0 Å². The third-order valence-electron chi connectivity index (χ3n) is 3.14. The van der Waals surface area contributed by atoms with E-state index in [0.717, 1.165) is 24.9 Å². The van der Waals surface area contributed by atoms with Gasteiger partial charge in [0.05, 0.1) is 0 Å². The molecule has 1 fully saturated rings. The smallest absolute Gasteiger partial charge is 0.274 e. The van der Waals surface area contributed by atoms with Gasteiger partial charge in [0.2, 0.25) is 0 Å². The maximum Gasteiger partial charge on any atom is 0.274 e. The van der Waals surface area contributed by atoms with Crippen LogP contribution in [0.2, 0.25) is 0 Å². The summed E-state index contributed by atoms with van der Waals surface area (Å²) in [5.41, 5.74) is 1.14.